The third-order valence-electron chi connectivity index (χ3n) is 5.26. The van der Waals surface area contributed by atoms with Crippen LogP contribution in [0.1, 0.15) is 25.6 Å². The average Bonchev–Trinajstić information content (AvgIpc) is 3.51. The summed E-state index contributed by atoms with van der Waals surface area (Å²) in [6.45, 7) is 3.77. The minimum absolute atomic E-state index is 0.150. The van der Waals surface area contributed by atoms with Crippen LogP contribution in [-0.4, -0.2) is 53.7 Å². The molecule has 0 bridgehead atoms. The number of hydroxylamine groups is 2. The van der Waals surface area contributed by atoms with Gasteiger partial charge in [0, 0.05) is 4.47 Å². The standard InChI is InChI=1S/C22H24BrN3O5/c1-22(2)20(27)25(21(28)24-22)12-16(13-30-18-10-6-15(23)7-11-18)26-19(31-26)14-4-8-17(29-3)9-5-14/h4-11,16,19H,12-13H2,1-3H3,(H,24,28)/t16-,19-,26?/m0/s1/i6+2,7+2,10+2,11+2,15+2,18+2. The lowest BCUT2D eigenvalue weighted by atomic mass is 10.1. The third-order valence-corrected chi connectivity index (χ3v) is 5.79. The van der Waals surface area contributed by atoms with Crippen LogP contribution in [0.3, 0.4) is 0 Å². The van der Waals surface area contributed by atoms with Crippen molar-refractivity contribution in [3.8, 4) is 11.5 Å². The molecule has 2 aromatic carbocycles. The fourth-order valence-electron chi connectivity index (χ4n) is 3.47. The Morgan fingerprint density at radius 3 is 2.48 bits per heavy atom. The highest BCUT2D eigenvalue weighted by Crippen LogP contribution is 2.40. The summed E-state index contributed by atoms with van der Waals surface area (Å²) in [7, 11) is 1.62. The number of carbonyl (C=O) groups excluding carboxylic acids is 2. The molecule has 2 heterocycles. The molecule has 2 aromatic rings. The third kappa shape index (κ3) is 4.68. The first kappa shape index (κ1) is 21.6. The molecule has 1 N–H and O–H groups in total. The van der Waals surface area contributed by atoms with Crippen molar-refractivity contribution in [2.45, 2.75) is 31.7 Å². The average molecular weight is 502 g/mol. The summed E-state index contributed by atoms with van der Waals surface area (Å²) in [6.07, 6.45) is -0.279. The molecule has 0 spiro atoms. The topological polar surface area (TPSA) is 83.4 Å². The molecule has 0 aliphatic carbocycles. The Morgan fingerprint density at radius 1 is 1.23 bits per heavy atom. The number of nitrogens with zero attached hydrogens (tertiary/aromatic N) is 2. The number of rotatable bonds is 8. The summed E-state index contributed by atoms with van der Waals surface area (Å²) < 4.78 is 12.1. The Bertz CT molecular complexity index is 964. The van der Waals surface area contributed by atoms with Crippen LogP contribution >= 0.6 is 15.9 Å². The second kappa shape index (κ2) is 8.49. The van der Waals surface area contributed by atoms with Gasteiger partial charge in [0.25, 0.3) is 5.91 Å². The molecular formula is C22H24BrN3O5. The van der Waals surface area contributed by atoms with E-state index in [9.17, 15) is 9.59 Å². The first-order valence-electron chi connectivity index (χ1n) is 9.90. The Hall–Kier alpha value is -2.62. The number of methoxy groups -OCH3 is 1. The normalized spacial score (nSPS) is 22.8. The maximum atomic E-state index is 12.7. The van der Waals surface area contributed by atoms with Crippen LogP contribution < -0.4 is 14.8 Å². The van der Waals surface area contributed by atoms with Crippen LogP contribution in [0.4, 0.5) is 4.79 Å². The van der Waals surface area contributed by atoms with Gasteiger partial charge in [-0.15, -0.1) is 5.06 Å². The zero-order valence-corrected chi connectivity index (χ0v) is 19.1. The Kier molecular flexibility index (Phi) is 5.92. The molecule has 4 rings (SSSR count). The summed E-state index contributed by atoms with van der Waals surface area (Å²) in [5, 5.41) is 4.47. The van der Waals surface area contributed by atoms with Gasteiger partial charge in [-0.2, -0.15) is 0 Å². The predicted octanol–water partition coefficient (Wildman–Crippen LogP) is 3.48. The number of carbonyl (C=O) groups is 2. The highest BCUT2D eigenvalue weighted by molar-refractivity contribution is 9.10. The molecule has 9 heteroatoms. The van der Waals surface area contributed by atoms with E-state index < -0.39 is 11.6 Å². The molecule has 2 aliphatic heterocycles. The number of urea groups is 1. The van der Waals surface area contributed by atoms with E-state index in [1.54, 1.807) is 26.0 Å². The number of imide groups is 1. The molecule has 3 amide bonds. The van der Waals surface area contributed by atoms with Crippen LogP contribution in [0.5, 0.6) is 11.5 Å². The minimum atomic E-state index is -0.927. The fraction of sp³-hybridized carbons (Fsp3) is 0.364. The summed E-state index contributed by atoms with van der Waals surface area (Å²) in [6, 6.07) is 14.3. The molecule has 2 aliphatic rings. The van der Waals surface area contributed by atoms with Crippen molar-refractivity contribution in [3.63, 3.8) is 0 Å². The molecule has 0 radical (unpaired) electrons. The van der Waals surface area contributed by atoms with E-state index in [1.807, 2.05) is 48.5 Å². The van der Waals surface area contributed by atoms with Gasteiger partial charge in [0.2, 0.25) is 0 Å². The van der Waals surface area contributed by atoms with Crippen LogP contribution in [-0.2, 0) is 9.63 Å². The predicted molar refractivity (Wildman–Crippen MR) is 116 cm³/mol. The van der Waals surface area contributed by atoms with Crippen LogP contribution in [0, 0.1) is 0 Å². The van der Waals surface area contributed by atoms with Crippen molar-refractivity contribution in [1.29, 1.82) is 0 Å². The number of benzene rings is 2. The molecule has 0 aromatic heterocycles. The summed E-state index contributed by atoms with van der Waals surface area (Å²) in [5.41, 5.74) is 0.0236. The molecule has 31 heavy (non-hydrogen) atoms. The van der Waals surface area contributed by atoms with Crippen LogP contribution in [0.2, 0.25) is 0 Å². The lowest BCUT2D eigenvalue weighted by molar-refractivity contribution is -0.130. The van der Waals surface area contributed by atoms with E-state index in [-0.39, 0.29) is 31.3 Å². The van der Waals surface area contributed by atoms with Gasteiger partial charge in [0.05, 0.1) is 19.7 Å². The number of hydrogen-bond acceptors (Lipinski definition) is 6. The fourth-order valence-corrected chi connectivity index (χ4v) is 3.73. The van der Waals surface area contributed by atoms with Gasteiger partial charge in [-0.05, 0) is 55.8 Å². The molecule has 3 atom stereocenters. The number of nitrogens with one attached hydrogen (secondary N) is 1. The van der Waals surface area contributed by atoms with Gasteiger partial charge in [0.15, 0.2) is 6.23 Å². The first-order valence-corrected chi connectivity index (χ1v) is 10.7. The highest BCUT2D eigenvalue weighted by Gasteiger charge is 2.49. The van der Waals surface area contributed by atoms with Crippen LogP contribution in [0.15, 0.2) is 53.0 Å². The molecule has 164 valence electrons. The van der Waals surface area contributed by atoms with Gasteiger partial charge in [0.1, 0.15) is 23.6 Å². The Morgan fingerprint density at radius 2 is 1.90 bits per heavy atom. The van der Waals surface area contributed by atoms with Gasteiger partial charge in [-0.25, -0.2) is 4.79 Å². The summed E-state index contributed by atoms with van der Waals surface area (Å²) in [5.74, 6) is 1.18. The second-order valence-electron chi connectivity index (χ2n) is 7.98. The second-order valence-corrected chi connectivity index (χ2v) is 8.90. The van der Waals surface area contributed by atoms with E-state index in [0.29, 0.717) is 5.75 Å². The van der Waals surface area contributed by atoms with Crippen molar-refractivity contribution in [2.24, 2.45) is 0 Å². The smallest absolute Gasteiger partial charge is 0.325 e. The monoisotopic (exact) mass is 501 g/mol. The Balaban J connectivity index is 1.49. The zero-order chi connectivity index (χ0) is 22.2. The maximum absolute atomic E-state index is 12.7. The molecule has 2 saturated heterocycles. The van der Waals surface area contributed by atoms with Gasteiger partial charge in [-0.3, -0.25) is 14.5 Å². The first-order chi connectivity index (χ1) is 14.8. The lowest BCUT2D eigenvalue weighted by Crippen LogP contribution is -2.45. The summed E-state index contributed by atoms with van der Waals surface area (Å²) in [4.78, 5) is 32.1. The largest absolute Gasteiger partial charge is 0.497 e. The molecule has 0 saturated carbocycles. The van der Waals surface area contributed by atoms with E-state index in [1.165, 1.54) is 4.90 Å². The molecular weight excluding hydrogens is 478 g/mol. The quantitative estimate of drug-likeness (QED) is 0.440. The van der Waals surface area contributed by atoms with Crippen molar-refractivity contribution in [3.05, 3.63) is 58.6 Å². The summed E-state index contributed by atoms with van der Waals surface area (Å²) >= 11 is 3.40. The zero-order valence-electron chi connectivity index (χ0n) is 17.5. The maximum Gasteiger partial charge on any atom is 0.325 e. The SMILES string of the molecule is COc1ccc([C@@H]2ON2[C@H](CO[14c]2[14cH][14cH][14c](Br)[14cH][14cH]2)CN2C(=O)NC(C)(C)C2=O)cc1. The molecule has 8 nitrogen and oxygen atoms in total. The number of amides is 3. The molecule has 2 fully saturated rings. The number of hydrogen-bond donors (Lipinski definition) is 1. The van der Waals surface area contributed by atoms with E-state index in [0.717, 1.165) is 15.8 Å². The molecule has 1 unspecified atom stereocenters. The number of ether oxygens (including phenoxy) is 2. The van der Waals surface area contributed by atoms with Crippen molar-refractivity contribution in [1.82, 2.24) is 15.3 Å². The lowest BCUT2D eigenvalue weighted by Gasteiger charge is -2.22. The van der Waals surface area contributed by atoms with E-state index in [2.05, 4.69) is 21.2 Å². The number of halogens is 1. The van der Waals surface area contributed by atoms with Crippen LogP contribution in [0.25, 0.3) is 0 Å². The van der Waals surface area contributed by atoms with Crippen molar-refractivity contribution < 1.29 is 23.9 Å². The Labute approximate surface area is 189 Å². The van der Waals surface area contributed by atoms with Gasteiger partial charge < -0.3 is 14.8 Å². The van der Waals surface area contributed by atoms with E-state index >= 15 is 0 Å². The van der Waals surface area contributed by atoms with Gasteiger partial charge in [-0.1, -0.05) is 28.1 Å². The van der Waals surface area contributed by atoms with E-state index in [4.69, 9.17) is 14.3 Å². The van der Waals surface area contributed by atoms with Crippen molar-refractivity contribution >= 4 is 27.9 Å². The van der Waals surface area contributed by atoms with Gasteiger partial charge >= 0.3 is 6.03 Å². The van der Waals surface area contributed by atoms with Crippen molar-refractivity contribution in [2.75, 3.05) is 20.3 Å². The highest BCUT2D eigenvalue weighted by atomic mass is 79.9. The minimum Gasteiger partial charge on any atom is -0.497 e.